The molecule has 0 spiro atoms. The second-order valence-electron chi connectivity index (χ2n) is 6.73. The van der Waals surface area contributed by atoms with Gasteiger partial charge in [0.05, 0.1) is 4.75 Å². The molecule has 0 saturated carbocycles. The van der Waals surface area contributed by atoms with Gasteiger partial charge in [-0.2, -0.15) is 5.10 Å². The lowest BCUT2D eigenvalue weighted by atomic mass is 9.95. The minimum atomic E-state index is -0.451. The van der Waals surface area contributed by atoms with E-state index < -0.39 is 10.8 Å². The molecule has 2 aliphatic heterocycles. The largest absolute Gasteiger partial charge is 0.342 e. The van der Waals surface area contributed by atoms with E-state index in [0.29, 0.717) is 24.8 Å². The normalized spacial score (nSPS) is 25.3. The molecule has 8 heteroatoms. The fraction of sp³-hybridized carbons (Fsp3) is 0.733. The summed E-state index contributed by atoms with van der Waals surface area (Å²) in [6.07, 6.45) is 1.73. The van der Waals surface area contributed by atoms with Gasteiger partial charge in [0.15, 0.2) is 5.82 Å². The Balaban J connectivity index is 1.55. The first kappa shape index (κ1) is 16.3. The van der Waals surface area contributed by atoms with Crippen molar-refractivity contribution in [2.45, 2.75) is 50.3 Å². The van der Waals surface area contributed by atoms with Crippen molar-refractivity contribution in [3.05, 3.63) is 11.6 Å². The van der Waals surface area contributed by atoms with Crippen LogP contribution >= 0.6 is 11.8 Å². The lowest BCUT2D eigenvalue weighted by molar-refractivity contribution is -0.137. The van der Waals surface area contributed by atoms with E-state index in [2.05, 4.69) is 20.5 Å². The lowest BCUT2D eigenvalue weighted by Crippen LogP contribution is -2.58. The minimum Gasteiger partial charge on any atom is -0.342 e. The monoisotopic (exact) mass is 337 g/mol. The number of nitrogens with zero attached hydrogens (tertiary/aromatic N) is 3. The van der Waals surface area contributed by atoms with Crippen LogP contribution in [0.25, 0.3) is 0 Å². The number of H-pyrrole nitrogens is 1. The first-order valence-electron chi connectivity index (χ1n) is 7.99. The summed E-state index contributed by atoms with van der Waals surface area (Å²) >= 11 is 1.55. The molecule has 1 aromatic rings. The number of hydrogen-bond donors (Lipinski definition) is 2. The second kappa shape index (κ2) is 6.14. The van der Waals surface area contributed by atoms with Gasteiger partial charge in [-0.25, -0.2) is 4.98 Å². The molecular weight excluding hydrogens is 314 g/mol. The van der Waals surface area contributed by atoms with Crippen LogP contribution in [0.15, 0.2) is 0 Å². The van der Waals surface area contributed by atoms with Gasteiger partial charge in [0.2, 0.25) is 11.8 Å². The standard InChI is InChI=1S/C15H23N5O2S/c1-9-16-12(19-18-9)10-4-6-20(7-5-10)13(21)11-8-23-15(2,3)14(22)17-11/h10-11H,4-8H2,1-3H3,(H,17,22)(H,16,18,19)/t11-/m1/s1. The number of amides is 2. The molecular formula is C15H23N5O2S. The highest BCUT2D eigenvalue weighted by atomic mass is 32.2. The third-order valence-electron chi connectivity index (χ3n) is 4.55. The summed E-state index contributed by atoms with van der Waals surface area (Å²) in [5.41, 5.74) is 0. The van der Waals surface area contributed by atoms with E-state index in [1.807, 2.05) is 25.7 Å². The third-order valence-corrected chi connectivity index (χ3v) is 5.95. The Hall–Kier alpha value is -1.57. The van der Waals surface area contributed by atoms with E-state index in [4.69, 9.17) is 0 Å². The van der Waals surface area contributed by atoms with Gasteiger partial charge in [-0.05, 0) is 33.6 Å². The second-order valence-corrected chi connectivity index (χ2v) is 8.37. The molecule has 3 rings (SSSR count). The number of aryl methyl sites for hydroxylation is 1. The summed E-state index contributed by atoms with van der Waals surface area (Å²) < 4.78 is -0.451. The van der Waals surface area contributed by atoms with Crippen LogP contribution in [-0.2, 0) is 9.59 Å². The predicted molar refractivity (Wildman–Crippen MR) is 88.1 cm³/mol. The summed E-state index contributed by atoms with van der Waals surface area (Å²) in [5, 5.41) is 9.97. The zero-order valence-corrected chi connectivity index (χ0v) is 14.6. The summed E-state index contributed by atoms with van der Waals surface area (Å²) in [6.45, 7) is 7.05. The van der Waals surface area contributed by atoms with E-state index >= 15 is 0 Å². The van der Waals surface area contributed by atoms with Crippen LogP contribution in [0.3, 0.4) is 0 Å². The molecule has 2 N–H and O–H groups in total. The maximum atomic E-state index is 12.6. The third kappa shape index (κ3) is 3.36. The van der Waals surface area contributed by atoms with Gasteiger partial charge < -0.3 is 10.2 Å². The molecule has 2 saturated heterocycles. The van der Waals surface area contributed by atoms with Gasteiger partial charge in [0, 0.05) is 24.8 Å². The molecule has 3 heterocycles. The number of nitrogens with one attached hydrogen (secondary N) is 2. The van der Waals surface area contributed by atoms with Crippen molar-refractivity contribution < 1.29 is 9.59 Å². The average Bonchev–Trinajstić information content (AvgIpc) is 2.96. The van der Waals surface area contributed by atoms with E-state index in [9.17, 15) is 9.59 Å². The van der Waals surface area contributed by atoms with E-state index in [0.717, 1.165) is 24.5 Å². The van der Waals surface area contributed by atoms with Crippen molar-refractivity contribution in [3.8, 4) is 0 Å². The molecule has 2 fully saturated rings. The van der Waals surface area contributed by atoms with Crippen LogP contribution < -0.4 is 5.32 Å². The fourth-order valence-corrected chi connectivity index (χ4v) is 3.98. The number of rotatable bonds is 2. The Kier molecular flexibility index (Phi) is 4.35. The minimum absolute atomic E-state index is 0.0333. The van der Waals surface area contributed by atoms with Gasteiger partial charge in [-0.1, -0.05) is 0 Å². The molecule has 7 nitrogen and oxygen atoms in total. The van der Waals surface area contributed by atoms with Crippen LogP contribution in [0, 0.1) is 6.92 Å². The number of piperidine rings is 1. The molecule has 2 amide bonds. The van der Waals surface area contributed by atoms with Crippen molar-refractivity contribution >= 4 is 23.6 Å². The Bertz CT molecular complexity index is 607. The number of carbonyl (C=O) groups is 2. The van der Waals surface area contributed by atoms with Gasteiger partial charge in [0.1, 0.15) is 11.9 Å². The topological polar surface area (TPSA) is 91.0 Å². The van der Waals surface area contributed by atoms with Crippen LogP contribution in [0.2, 0.25) is 0 Å². The van der Waals surface area contributed by atoms with E-state index in [-0.39, 0.29) is 11.8 Å². The summed E-state index contributed by atoms with van der Waals surface area (Å²) in [6, 6.07) is -0.400. The van der Waals surface area contributed by atoms with E-state index in [1.165, 1.54) is 0 Å². The first-order valence-corrected chi connectivity index (χ1v) is 8.98. The number of carbonyl (C=O) groups excluding carboxylic acids is 2. The highest BCUT2D eigenvalue weighted by Gasteiger charge is 2.39. The molecule has 0 aromatic carbocycles. The number of thioether (sulfide) groups is 1. The molecule has 1 aromatic heterocycles. The molecule has 0 aliphatic carbocycles. The van der Waals surface area contributed by atoms with Gasteiger partial charge in [0.25, 0.3) is 0 Å². The summed E-state index contributed by atoms with van der Waals surface area (Å²) in [5.74, 6) is 2.58. The van der Waals surface area contributed by atoms with Crippen LogP contribution in [0.1, 0.15) is 44.3 Å². The van der Waals surface area contributed by atoms with Crippen molar-refractivity contribution in [1.82, 2.24) is 25.4 Å². The lowest BCUT2D eigenvalue weighted by Gasteiger charge is -2.37. The number of aromatic nitrogens is 3. The van der Waals surface area contributed by atoms with Crippen molar-refractivity contribution in [3.63, 3.8) is 0 Å². The maximum Gasteiger partial charge on any atom is 0.246 e. The molecule has 126 valence electrons. The van der Waals surface area contributed by atoms with Gasteiger partial charge in [-0.3, -0.25) is 14.7 Å². The summed E-state index contributed by atoms with van der Waals surface area (Å²) in [7, 11) is 0. The van der Waals surface area contributed by atoms with Gasteiger partial charge in [-0.15, -0.1) is 11.8 Å². The molecule has 0 bridgehead atoms. The van der Waals surface area contributed by atoms with Crippen LogP contribution in [-0.4, -0.2) is 61.5 Å². The summed E-state index contributed by atoms with van der Waals surface area (Å²) in [4.78, 5) is 30.9. The Morgan fingerprint density at radius 3 is 2.61 bits per heavy atom. The van der Waals surface area contributed by atoms with E-state index in [1.54, 1.807) is 11.8 Å². The van der Waals surface area contributed by atoms with Crippen LogP contribution in [0.5, 0.6) is 0 Å². The SMILES string of the molecule is Cc1nc(C2CCN(C(=O)[C@H]3CSC(C)(C)C(=O)N3)CC2)n[nH]1. The Morgan fingerprint density at radius 1 is 1.35 bits per heavy atom. The predicted octanol–water partition coefficient (Wildman–Crippen LogP) is 0.829. The van der Waals surface area contributed by atoms with Crippen molar-refractivity contribution in [1.29, 1.82) is 0 Å². The quantitative estimate of drug-likeness (QED) is 0.834. The number of aromatic amines is 1. The first-order chi connectivity index (χ1) is 10.9. The zero-order chi connectivity index (χ0) is 16.6. The zero-order valence-electron chi connectivity index (χ0n) is 13.8. The number of likely N-dealkylation sites (tertiary alicyclic amines) is 1. The van der Waals surface area contributed by atoms with Crippen molar-refractivity contribution in [2.24, 2.45) is 0 Å². The molecule has 2 aliphatic rings. The Morgan fingerprint density at radius 2 is 2.04 bits per heavy atom. The highest BCUT2D eigenvalue weighted by Crippen LogP contribution is 2.31. The maximum absolute atomic E-state index is 12.6. The average molecular weight is 337 g/mol. The molecule has 23 heavy (non-hydrogen) atoms. The van der Waals surface area contributed by atoms with Crippen LogP contribution in [0.4, 0.5) is 0 Å². The Labute approximate surface area is 140 Å². The van der Waals surface area contributed by atoms with Crippen molar-refractivity contribution in [2.75, 3.05) is 18.8 Å². The smallest absolute Gasteiger partial charge is 0.246 e. The molecule has 0 radical (unpaired) electrons. The van der Waals surface area contributed by atoms with Gasteiger partial charge >= 0.3 is 0 Å². The highest BCUT2D eigenvalue weighted by molar-refractivity contribution is 8.01. The molecule has 0 unspecified atom stereocenters. The number of hydrogen-bond acceptors (Lipinski definition) is 5. The fourth-order valence-electron chi connectivity index (χ4n) is 2.98. The molecule has 1 atom stereocenters.